The number of hydrogen-bond donors (Lipinski definition) is 1. The highest BCUT2D eigenvalue weighted by Crippen LogP contribution is 2.74. The Balaban J connectivity index is 0.855. The van der Waals surface area contributed by atoms with Crippen molar-refractivity contribution < 1.29 is 42.7 Å². The van der Waals surface area contributed by atoms with Gasteiger partial charge in [-0.25, -0.2) is 4.79 Å². The molecule has 352 valence electrons. The first-order valence-corrected chi connectivity index (χ1v) is 24.1. The summed E-state index contributed by atoms with van der Waals surface area (Å²) < 4.78 is 29.9. The van der Waals surface area contributed by atoms with E-state index in [0.717, 1.165) is 42.3 Å². The van der Waals surface area contributed by atoms with Gasteiger partial charge in [-0.2, -0.15) is 5.26 Å². The van der Waals surface area contributed by atoms with Gasteiger partial charge in [0.15, 0.2) is 11.6 Å². The van der Waals surface area contributed by atoms with Crippen molar-refractivity contribution in [2.75, 3.05) is 18.5 Å². The number of ketones is 2. The van der Waals surface area contributed by atoms with E-state index in [9.17, 15) is 24.4 Å². The molecule has 0 aromatic heterocycles. The van der Waals surface area contributed by atoms with Gasteiger partial charge in [0.05, 0.1) is 35.4 Å². The van der Waals surface area contributed by atoms with E-state index in [1.54, 1.807) is 24.3 Å². The van der Waals surface area contributed by atoms with Crippen molar-refractivity contribution in [2.24, 2.45) is 50.2 Å². The van der Waals surface area contributed by atoms with Gasteiger partial charge in [0.2, 0.25) is 0 Å². The average molecular weight is 901 g/mol. The number of rotatable bonds is 10. The summed E-state index contributed by atoms with van der Waals surface area (Å²) in [5, 5.41) is 12.8. The van der Waals surface area contributed by atoms with Crippen LogP contribution in [0.15, 0.2) is 71.8 Å². The number of ether oxygens (including phenoxy) is 3. The highest BCUT2D eigenvalue weighted by atomic mass is 16.7. The number of fused-ring (bicyclic) bond motifs is 7. The van der Waals surface area contributed by atoms with E-state index in [1.807, 2.05) is 78.0 Å². The minimum absolute atomic E-state index is 0.0267. The van der Waals surface area contributed by atoms with Gasteiger partial charge in [-0.1, -0.05) is 84.4 Å². The second kappa shape index (κ2) is 16.5. The van der Waals surface area contributed by atoms with E-state index >= 15 is 0 Å². The number of amides is 1. The van der Waals surface area contributed by atoms with Crippen LogP contribution in [0.3, 0.4) is 0 Å². The van der Waals surface area contributed by atoms with Gasteiger partial charge in [0, 0.05) is 28.9 Å². The van der Waals surface area contributed by atoms with Crippen molar-refractivity contribution in [1.82, 2.24) is 0 Å². The van der Waals surface area contributed by atoms with E-state index in [-0.39, 0.29) is 64.9 Å². The molecule has 6 aliphatic rings. The number of benzene rings is 2. The Kier molecular flexibility index (Phi) is 11.9. The van der Waals surface area contributed by atoms with Crippen LogP contribution in [-0.2, 0) is 39.8 Å². The minimum atomic E-state index is -0.754. The lowest BCUT2D eigenvalue weighted by Gasteiger charge is -2.68. The quantitative estimate of drug-likeness (QED) is 0.139. The monoisotopic (exact) mass is 901 g/mol. The molecule has 5 aliphatic carbocycles. The molecule has 12 heteroatoms. The van der Waals surface area contributed by atoms with Crippen LogP contribution in [-0.4, -0.2) is 55.2 Å². The number of nitrogens with zero attached hydrogens (tertiary/aromatic N) is 1. The normalized spacial score (nSPS) is 33.4. The molecule has 0 unspecified atom stereocenters. The van der Waals surface area contributed by atoms with Crippen molar-refractivity contribution in [3.05, 3.63) is 77.4 Å². The molecule has 7 atom stereocenters. The Labute approximate surface area is 391 Å². The molecule has 1 saturated heterocycles. The summed E-state index contributed by atoms with van der Waals surface area (Å²) >= 11 is 0. The second-order valence-electron chi connectivity index (χ2n) is 23.3. The number of nitriles is 1. The van der Waals surface area contributed by atoms with Gasteiger partial charge >= 0.3 is 19.2 Å². The number of carbonyl (C=O) groups excluding carboxylic acids is 4. The molecular formula is C54H69BN2O9. The van der Waals surface area contributed by atoms with Crippen LogP contribution in [0.1, 0.15) is 133 Å². The summed E-state index contributed by atoms with van der Waals surface area (Å²) in [6.07, 6.45) is 9.02. The van der Waals surface area contributed by atoms with Crippen LogP contribution < -0.4 is 15.5 Å². The van der Waals surface area contributed by atoms with Gasteiger partial charge < -0.3 is 23.5 Å². The number of carbonyl (C=O) groups is 4. The van der Waals surface area contributed by atoms with Crippen LogP contribution in [0.5, 0.6) is 5.75 Å². The number of hydrogen-bond acceptors (Lipinski definition) is 10. The third kappa shape index (κ3) is 7.84. The van der Waals surface area contributed by atoms with Crippen LogP contribution in [0.25, 0.3) is 0 Å². The summed E-state index contributed by atoms with van der Waals surface area (Å²) in [4.78, 5) is 55.5. The highest BCUT2D eigenvalue weighted by Gasteiger charge is 2.71. The molecule has 2 aromatic rings. The second-order valence-corrected chi connectivity index (χ2v) is 23.3. The molecular weight excluding hydrogens is 831 g/mol. The lowest BCUT2D eigenvalue weighted by molar-refractivity contribution is -0.193. The van der Waals surface area contributed by atoms with Crippen molar-refractivity contribution in [3.8, 4) is 11.8 Å². The first-order valence-electron chi connectivity index (χ1n) is 24.1. The fourth-order valence-corrected chi connectivity index (χ4v) is 13.2. The molecule has 0 bridgehead atoms. The maximum atomic E-state index is 14.9. The van der Waals surface area contributed by atoms with Crippen molar-refractivity contribution in [3.63, 3.8) is 0 Å². The number of nitrogens with one attached hydrogen (secondary N) is 1. The Morgan fingerprint density at radius 3 is 2.12 bits per heavy atom. The summed E-state index contributed by atoms with van der Waals surface area (Å²) in [5.74, 6) is -0.179. The Bertz CT molecular complexity index is 2380. The van der Waals surface area contributed by atoms with E-state index < -0.39 is 46.1 Å². The fourth-order valence-electron chi connectivity index (χ4n) is 13.2. The van der Waals surface area contributed by atoms with E-state index in [0.29, 0.717) is 43.7 Å². The first-order chi connectivity index (χ1) is 30.8. The molecule has 3 saturated carbocycles. The maximum Gasteiger partial charge on any atom is 0.494 e. The smallest absolute Gasteiger partial charge is 0.493 e. The molecule has 1 N–H and O–H groups in total. The predicted molar refractivity (Wildman–Crippen MR) is 252 cm³/mol. The van der Waals surface area contributed by atoms with Gasteiger partial charge in [-0.05, 0) is 142 Å². The molecule has 4 fully saturated rings. The lowest BCUT2D eigenvalue weighted by atomic mass is 9.34. The van der Waals surface area contributed by atoms with Crippen molar-refractivity contribution in [1.29, 1.82) is 5.26 Å². The number of Topliss-reactive ketones (excluding diaryl/α,β-unsaturated/α-hetero) is 1. The Hall–Kier alpha value is -4.73. The molecule has 2 aromatic carbocycles. The fraction of sp³-hybridized carbons (Fsp3) is 0.611. The highest BCUT2D eigenvalue weighted by molar-refractivity contribution is 6.62. The lowest BCUT2D eigenvalue weighted by Crippen LogP contribution is -2.66. The summed E-state index contributed by atoms with van der Waals surface area (Å²) in [7, 11) is -0.460. The van der Waals surface area contributed by atoms with Gasteiger partial charge in [0.1, 0.15) is 18.4 Å². The van der Waals surface area contributed by atoms with Gasteiger partial charge in [-0.15, -0.1) is 0 Å². The van der Waals surface area contributed by atoms with Crippen molar-refractivity contribution in [2.45, 2.75) is 145 Å². The zero-order chi connectivity index (χ0) is 47.9. The van der Waals surface area contributed by atoms with Crippen LogP contribution in [0.4, 0.5) is 10.5 Å². The minimum Gasteiger partial charge on any atom is -0.493 e. The molecule has 8 rings (SSSR count). The SMILES string of the molecule is CC1(C)CC[C@]2(C(=O)OCCCOc3ccc(NC(=O)OCc4ccc(B5OC(C)(C)C(C)(C)O5)cc4)cc3)CC[C@]3(C)[C@H](C(=O)C=C4[C@@]5(C)C=C(C#N)C(=O)C(C)(C)[C@@H]5CC[C@]43C)[C@@H]2C1. The molecule has 1 heterocycles. The number of esters is 1. The maximum absolute atomic E-state index is 14.9. The topological polar surface area (TPSA) is 150 Å². The summed E-state index contributed by atoms with van der Waals surface area (Å²) in [6, 6.07) is 16.8. The number of anilines is 1. The third-order valence-electron chi connectivity index (χ3n) is 18.0. The van der Waals surface area contributed by atoms with Crippen molar-refractivity contribution >= 4 is 41.9 Å². The van der Waals surface area contributed by atoms with Gasteiger partial charge in [0.25, 0.3) is 0 Å². The number of allylic oxidation sites excluding steroid dienone is 4. The molecule has 0 radical (unpaired) electrons. The van der Waals surface area contributed by atoms with Crippen LogP contribution in [0, 0.1) is 61.6 Å². The first kappa shape index (κ1) is 47.8. The van der Waals surface area contributed by atoms with E-state index in [4.69, 9.17) is 23.5 Å². The summed E-state index contributed by atoms with van der Waals surface area (Å²) in [6.45, 7) is 23.9. The predicted octanol–water partition coefficient (Wildman–Crippen LogP) is 10.3. The standard InChI is InChI=1S/C54H69BN2O9/c1-47(2)23-25-54(26-24-53(11)43(39(54)31-47)40(58)29-42-51(9)30-35(32-56)44(59)48(3,4)41(51)21-22-52(42,53)10)45(60)63-28-12-27-62-38-19-17-37(18-20-38)57-46(61)64-33-34-13-15-36(16-14-34)55-65-49(5,6)50(7,8)66-55/h13-20,29-30,39,41,43H,12,21-28,31,33H2,1-11H3,(H,57,61)/t39-,41-,43-,51-,52+,53+,54-/m0/s1. The zero-order valence-corrected chi connectivity index (χ0v) is 41.0. The average Bonchev–Trinajstić information content (AvgIpc) is 3.48. The van der Waals surface area contributed by atoms with Crippen LogP contribution >= 0.6 is 0 Å². The molecule has 1 aliphatic heterocycles. The Morgan fingerprint density at radius 1 is 0.818 bits per heavy atom. The van der Waals surface area contributed by atoms with E-state index in [1.165, 1.54) is 0 Å². The third-order valence-corrected chi connectivity index (χ3v) is 18.0. The van der Waals surface area contributed by atoms with Gasteiger partial charge in [-0.3, -0.25) is 19.7 Å². The summed E-state index contributed by atoms with van der Waals surface area (Å²) in [5.41, 5.74) is -0.230. The van der Waals surface area contributed by atoms with Crippen LogP contribution in [0.2, 0.25) is 0 Å². The molecule has 0 spiro atoms. The molecule has 66 heavy (non-hydrogen) atoms. The van der Waals surface area contributed by atoms with E-state index in [2.05, 4.69) is 46.0 Å². The molecule has 11 nitrogen and oxygen atoms in total. The zero-order valence-electron chi connectivity index (χ0n) is 41.0. The molecule has 1 amide bonds. The largest absolute Gasteiger partial charge is 0.494 e. The Morgan fingerprint density at radius 2 is 1.47 bits per heavy atom.